The maximum Gasteiger partial charge on any atom is 0.227 e. The number of sulfone groups is 1. The molecule has 2 heterocycles. The van der Waals surface area contributed by atoms with Crippen LogP contribution >= 0.6 is 0 Å². The number of nitrogens with zero attached hydrogens (tertiary/aromatic N) is 1. The van der Waals surface area contributed by atoms with Crippen molar-refractivity contribution >= 4 is 15.7 Å². The van der Waals surface area contributed by atoms with Crippen LogP contribution in [0.3, 0.4) is 0 Å². The van der Waals surface area contributed by atoms with Gasteiger partial charge >= 0.3 is 0 Å². The number of amides is 1. The number of rotatable bonds is 4. The highest BCUT2D eigenvalue weighted by atomic mass is 32.2. The molecule has 2 aliphatic heterocycles. The third-order valence-electron chi connectivity index (χ3n) is 5.08. The van der Waals surface area contributed by atoms with Gasteiger partial charge in [0.05, 0.1) is 45.5 Å². The van der Waals surface area contributed by atoms with E-state index >= 15 is 0 Å². The Labute approximate surface area is 143 Å². The van der Waals surface area contributed by atoms with E-state index in [1.165, 1.54) is 4.90 Å². The van der Waals surface area contributed by atoms with Crippen molar-refractivity contribution in [3.05, 3.63) is 29.8 Å². The average Bonchev–Trinajstić information content (AvgIpc) is 2.95. The minimum atomic E-state index is -2.83. The highest BCUT2D eigenvalue weighted by Crippen LogP contribution is 2.13. The van der Waals surface area contributed by atoms with E-state index in [2.05, 4.69) is 0 Å². The SMILES string of the molecule is COc1ccc(CC(=O)N2CC[NH+]([C@H]3CCS(=O)(=O)C3)CC2)cc1. The fraction of sp³-hybridized carbons (Fsp3) is 0.588. The van der Waals surface area contributed by atoms with Crippen LogP contribution in [0.15, 0.2) is 24.3 Å². The van der Waals surface area contributed by atoms with E-state index in [4.69, 9.17) is 4.74 Å². The molecule has 1 atom stereocenters. The van der Waals surface area contributed by atoms with Gasteiger partial charge in [0.15, 0.2) is 9.84 Å². The molecule has 7 heteroatoms. The van der Waals surface area contributed by atoms with Gasteiger partial charge in [-0.2, -0.15) is 0 Å². The van der Waals surface area contributed by atoms with E-state index < -0.39 is 9.84 Å². The molecule has 2 saturated heterocycles. The number of nitrogens with one attached hydrogen (secondary N) is 1. The summed E-state index contributed by atoms with van der Waals surface area (Å²) in [4.78, 5) is 15.7. The van der Waals surface area contributed by atoms with Crippen LogP contribution in [0.25, 0.3) is 0 Å². The summed E-state index contributed by atoms with van der Waals surface area (Å²) in [6.07, 6.45) is 1.16. The molecule has 0 aliphatic carbocycles. The Morgan fingerprint density at radius 1 is 1.25 bits per heavy atom. The lowest BCUT2D eigenvalue weighted by atomic mass is 10.1. The van der Waals surface area contributed by atoms with Gasteiger partial charge in [0.1, 0.15) is 17.5 Å². The topological polar surface area (TPSA) is 68.1 Å². The van der Waals surface area contributed by atoms with Gasteiger partial charge in [0.2, 0.25) is 5.91 Å². The highest BCUT2D eigenvalue weighted by molar-refractivity contribution is 7.91. The van der Waals surface area contributed by atoms with Crippen molar-refractivity contribution < 1.29 is 22.8 Å². The summed E-state index contributed by atoms with van der Waals surface area (Å²) in [7, 11) is -1.21. The van der Waals surface area contributed by atoms with Gasteiger partial charge in [-0.3, -0.25) is 4.79 Å². The summed E-state index contributed by atoms with van der Waals surface area (Å²) in [5.41, 5.74) is 0.984. The minimum absolute atomic E-state index is 0.137. The van der Waals surface area contributed by atoms with Crippen LogP contribution in [0.5, 0.6) is 5.75 Å². The molecular weight excluding hydrogens is 328 g/mol. The third kappa shape index (κ3) is 4.08. The predicted octanol–water partition coefficient (Wildman–Crippen LogP) is -0.848. The van der Waals surface area contributed by atoms with Crippen LogP contribution in [0, 0.1) is 0 Å². The van der Waals surface area contributed by atoms with Crippen molar-refractivity contribution in [3.63, 3.8) is 0 Å². The molecule has 132 valence electrons. The van der Waals surface area contributed by atoms with Crippen LogP contribution < -0.4 is 9.64 Å². The maximum atomic E-state index is 12.4. The number of carbonyl (C=O) groups excluding carboxylic acids is 1. The second-order valence-corrected chi connectivity index (χ2v) is 8.89. The highest BCUT2D eigenvalue weighted by Gasteiger charge is 2.37. The molecule has 0 spiro atoms. The molecule has 0 saturated carbocycles. The number of methoxy groups -OCH3 is 1. The second-order valence-electron chi connectivity index (χ2n) is 6.66. The predicted molar refractivity (Wildman–Crippen MR) is 91.0 cm³/mol. The van der Waals surface area contributed by atoms with Gasteiger partial charge in [-0.1, -0.05) is 12.1 Å². The lowest BCUT2D eigenvalue weighted by molar-refractivity contribution is -0.925. The fourth-order valence-corrected chi connectivity index (χ4v) is 5.42. The van der Waals surface area contributed by atoms with Crippen molar-refractivity contribution in [3.8, 4) is 5.75 Å². The molecule has 0 radical (unpaired) electrons. The van der Waals surface area contributed by atoms with E-state index in [0.717, 1.165) is 30.8 Å². The van der Waals surface area contributed by atoms with E-state index in [1.54, 1.807) is 7.11 Å². The first-order valence-corrected chi connectivity index (χ1v) is 10.2. The van der Waals surface area contributed by atoms with Gasteiger partial charge in [0, 0.05) is 6.42 Å². The number of carbonyl (C=O) groups is 1. The van der Waals surface area contributed by atoms with Gasteiger partial charge in [0.25, 0.3) is 0 Å². The number of ether oxygens (including phenoxy) is 1. The Hall–Kier alpha value is -1.60. The van der Waals surface area contributed by atoms with Crippen molar-refractivity contribution in [1.82, 2.24) is 4.90 Å². The molecule has 1 N–H and O–H groups in total. The molecule has 0 bridgehead atoms. The normalized spacial score (nSPS) is 24.0. The van der Waals surface area contributed by atoms with Crippen LogP contribution in [0.1, 0.15) is 12.0 Å². The number of hydrogen-bond donors (Lipinski definition) is 1. The molecule has 3 rings (SSSR count). The first-order valence-electron chi connectivity index (χ1n) is 8.42. The van der Waals surface area contributed by atoms with E-state index in [1.807, 2.05) is 29.2 Å². The molecular formula is C17H25N2O4S+. The summed E-state index contributed by atoms with van der Waals surface area (Å²) in [6, 6.07) is 7.79. The zero-order chi connectivity index (χ0) is 17.2. The average molecular weight is 353 g/mol. The smallest absolute Gasteiger partial charge is 0.227 e. The maximum absolute atomic E-state index is 12.4. The number of benzene rings is 1. The second kappa shape index (κ2) is 7.11. The van der Waals surface area contributed by atoms with Gasteiger partial charge in [-0.15, -0.1) is 0 Å². The summed E-state index contributed by atoms with van der Waals surface area (Å²) < 4.78 is 28.4. The van der Waals surface area contributed by atoms with Crippen molar-refractivity contribution in [2.24, 2.45) is 0 Å². The molecule has 6 nitrogen and oxygen atoms in total. The first-order chi connectivity index (χ1) is 11.5. The molecule has 24 heavy (non-hydrogen) atoms. The van der Waals surface area contributed by atoms with Crippen LogP contribution in [0.4, 0.5) is 0 Å². The Morgan fingerprint density at radius 2 is 1.92 bits per heavy atom. The summed E-state index contributed by atoms with van der Waals surface area (Å²) >= 11 is 0. The first kappa shape index (κ1) is 17.2. The standard InChI is InChI=1S/C17H24N2O4S/c1-23-16-4-2-14(3-5-16)12-17(20)19-9-7-18(8-10-19)15-6-11-24(21,22)13-15/h2-5,15H,6-13H2,1H3/p+1/t15-/m0/s1. The molecule has 1 aromatic rings. The largest absolute Gasteiger partial charge is 0.497 e. The zero-order valence-corrected chi connectivity index (χ0v) is 14.8. The number of piperazine rings is 1. The quantitative estimate of drug-likeness (QED) is 0.766. The Balaban J connectivity index is 1.49. The summed E-state index contributed by atoms with van der Waals surface area (Å²) in [6.45, 7) is 3.10. The summed E-state index contributed by atoms with van der Waals surface area (Å²) in [5, 5.41) is 0. The number of quaternary nitrogens is 1. The van der Waals surface area contributed by atoms with Crippen molar-refractivity contribution in [2.75, 3.05) is 44.8 Å². The van der Waals surface area contributed by atoms with Crippen LogP contribution in [-0.4, -0.2) is 70.1 Å². The summed E-state index contributed by atoms with van der Waals surface area (Å²) in [5.74, 6) is 1.55. The molecule has 0 unspecified atom stereocenters. The van der Waals surface area contributed by atoms with E-state index in [-0.39, 0.29) is 11.9 Å². The van der Waals surface area contributed by atoms with Gasteiger partial charge in [-0.25, -0.2) is 8.42 Å². The molecule has 2 aliphatic rings. The fourth-order valence-electron chi connectivity index (χ4n) is 3.60. The Morgan fingerprint density at radius 3 is 2.46 bits per heavy atom. The molecule has 1 aromatic carbocycles. The lowest BCUT2D eigenvalue weighted by Crippen LogP contribution is -3.18. The minimum Gasteiger partial charge on any atom is -0.497 e. The molecule has 2 fully saturated rings. The third-order valence-corrected chi connectivity index (χ3v) is 6.85. The molecule has 1 amide bonds. The lowest BCUT2D eigenvalue weighted by Gasteiger charge is -2.35. The van der Waals surface area contributed by atoms with Crippen molar-refractivity contribution in [2.45, 2.75) is 18.9 Å². The van der Waals surface area contributed by atoms with Crippen LogP contribution in [0.2, 0.25) is 0 Å². The zero-order valence-electron chi connectivity index (χ0n) is 14.0. The van der Waals surface area contributed by atoms with Crippen molar-refractivity contribution in [1.29, 1.82) is 0 Å². The Kier molecular flexibility index (Phi) is 5.10. The van der Waals surface area contributed by atoms with Gasteiger partial charge < -0.3 is 14.5 Å². The molecule has 0 aromatic heterocycles. The monoisotopic (exact) mass is 353 g/mol. The van der Waals surface area contributed by atoms with E-state index in [0.29, 0.717) is 31.0 Å². The van der Waals surface area contributed by atoms with Gasteiger partial charge in [-0.05, 0) is 17.7 Å². The van der Waals surface area contributed by atoms with E-state index in [9.17, 15) is 13.2 Å². The van der Waals surface area contributed by atoms with Crippen LogP contribution in [-0.2, 0) is 21.1 Å². The Bertz CT molecular complexity index is 679. The number of hydrogen-bond acceptors (Lipinski definition) is 4.